The number of fused-ring (bicyclic) bond motifs is 1. The van der Waals surface area contributed by atoms with Gasteiger partial charge in [-0.05, 0) is 61.6 Å². The second-order valence-corrected chi connectivity index (χ2v) is 12.2. The predicted molar refractivity (Wildman–Crippen MR) is 155 cm³/mol. The molecule has 3 heterocycles. The molecule has 2 aromatic rings. The van der Waals surface area contributed by atoms with Crippen LogP contribution in [0.4, 0.5) is 5.69 Å². The maximum atomic E-state index is 14.0. The number of nitrogens with one attached hydrogen (secondary N) is 2. The SMILES string of the molecule is CC(C)CCN1C(=O)[C@H]2[C@@H](C(=O)Nc3ccc(Oc4ccccc4)cc3)[C@H]3C=C[C@@]2(O3)[C@@H]1C(=O)NC1CCCCC1. The van der Waals surface area contributed by atoms with Crippen molar-refractivity contribution in [2.75, 3.05) is 11.9 Å². The molecule has 5 atom stereocenters. The van der Waals surface area contributed by atoms with Crippen LogP contribution in [0.15, 0.2) is 66.7 Å². The number of hydrogen-bond acceptors (Lipinski definition) is 5. The fourth-order valence-electron chi connectivity index (χ4n) is 6.89. The number of carbonyl (C=O) groups is 3. The van der Waals surface area contributed by atoms with Crippen LogP contribution in [0.5, 0.6) is 11.5 Å². The van der Waals surface area contributed by atoms with Gasteiger partial charge in [0.1, 0.15) is 23.1 Å². The molecule has 0 radical (unpaired) electrons. The summed E-state index contributed by atoms with van der Waals surface area (Å²) in [6.07, 6.45) is 9.23. The first kappa shape index (κ1) is 27.5. The number of rotatable bonds is 9. The van der Waals surface area contributed by atoms with Crippen LogP contribution in [0.25, 0.3) is 0 Å². The molecular formula is C33H39N3O5. The van der Waals surface area contributed by atoms with Crippen molar-refractivity contribution in [3.8, 4) is 11.5 Å². The smallest absolute Gasteiger partial charge is 0.246 e. The van der Waals surface area contributed by atoms with E-state index in [1.165, 1.54) is 6.42 Å². The normalized spacial score (nSPS) is 28.7. The highest BCUT2D eigenvalue weighted by Crippen LogP contribution is 2.55. The number of benzene rings is 2. The highest BCUT2D eigenvalue weighted by Gasteiger charge is 2.72. The fourth-order valence-corrected chi connectivity index (χ4v) is 6.89. The zero-order valence-electron chi connectivity index (χ0n) is 23.8. The van der Waals surface area contributed by atoms with Crippen LogP contribution in [-0.4, -0.2) is 53.0 Å². The molecule has 8 heteroatoms. The molecule has 0 aromatic heterocycles. The minimum absolute atomic E-state index is 0.115. The largest absolute Gasteiger partial charge is 0.457 e. The lowest BCUT2D eigenvalue weighted by molar-refractivity contribution is -0.141. The highest BCUT2D eigenvalue weighted by molar-refractivity contribution is 6.02. The van der Waals surface area contributed by atoms with E-state index in [4.69, 9.17) is 9.47 Å². The Bertz CT molecular complexity index is 1300. The molecule has 3 fully saturated rings. The van der Waals surface area contributed by atoms with E-state index in [2.05, 4.69) is 24.5 Å². The third-order valence-corrected chi connectivity index (χ3v) is 8.92. The maximum absolute atomic E-state index is 14.0. The Balaban J connectivity index is 1.20. The number of nitrogens with zero attached hydrogens (tertiary/aromatic N) is 1. The average Bonchev–Trinajstić information content (AvgIpc) is 3.61. The highest BCUT2D eigenvalue weighted by atomic mass is 16.5. The molecule has 2 N–H and O–H groups in total. The first-order valence-corrected chi connectivity index (χ1v) is 15.0. The van der Waals surface area contributed by atoms with E-state index in [1.807, 2.05) is 42.5 Å². The van der Waals surface area contributed by atoms with Gasteiger partial charge in [-0.1, -0.05) is 63.5 Å². The summed E-state index contributed by atoms with van der Waals surface area (Å²) in [6, 6.07) is 16.0. The van der Waals surface area contributed by atoms with Crippen molar-refractivity contribution in [1.29, 1.82) is 0 Å². The molecule has 1 saturated carbocycles. The summed E-state index contributed by atoms with van der Waals surface area (Å²) in [6.45, 7) is 4.66. The van der Waals surface area contributed by atoms with Gasteiger partial charge in [-0.3, -0.25) is 14.4 Å². The summed E-state index contributed by atoms with van der Waals surface area (Å²) in [4.78, 5) is 43.2. The van der Waals surface area contributed by atoms with E-state index in [0.717, 1.165) is 37.9 Å². The first-order chi connectivity index (χ1) is 19.9. The maximum Gasteiger partial charge on any atom is 0.246 e. The second-order valence-electron chi connectivity index (χ2n) is 12.2. The van der Waals surface area contributed by atoms with Gasteiger partial charge in [-0.25, -0.2) is 0 Å². The summed E-state index contributed by atoms with van der Waals surface area (Å²) in [5.74, 6) is -0.349. The monoisotopic (exact) mass is 557 g/mol. The lowest BCUT2D eigenvalue weighted by Crippen LogP contribution is -2.56. The van der Waals surface area contributed by atoms with Gasteiger partial charge in [0, 0.05) is 18.3 Å². The van der Waals surface area contributed by atoms with Gasteiger partial charge in [0.2, 0.25) is 17.7 Å². The minimum atomic E-state index is -1.13. The van der Waals surface area contributed by atoms with Gasteiger partial charge < -0.3 is 25.0 Å². The molecule has 41 heavy (non-hydrogen) atoms. The summed E-state index contributed by atoms with van der Waals surface area (Å²) in [5.41, 5.74) is -0.530. The fraction of sp³-hybridized carbons (Fsp3) is 0.485. The van der Waals surface area contributed by atoms with E-state index in [0.29, 0.717) is 23.9 Å². The lowest BCUT2D eigenvalue weighted by atomic mass is 9.74. The lowest BCUT2D eigenvalue weighted by Gasteiger charge is -2.34. The Kier molecular flexibility index (Phi) is 7.60. The molecule has 2 aromatic carbocycles. The Morgan fingerprint density at radius 1 is 1.00 bits per heavy atom. The van der Waals surface area contributed by atoms with Crippen molar-refractivity contribution in [3.05, 3.63) is 66.7 Å². The third-order valence-electron chi connectivity index (χ3n) is 8.92. The van der Waals surface area contributed by atoms with Crippen molar-refractivity contribution in [1.82, 2.24) is 10.2 Å². The van der Waals surface area contributed by atoms with Crippen molar-refractivity contribution >= 4 is 23.4 Å². The minimum Gasteiger partial charge on any atom is -0.457 e. The molecule has 216 valence electrons. The number of para-hydroxylation sites is 1. The Morgan fingerprint density at radius 3 is 2.41 bits per heavy atom. The van der Waals surface area contributed by atoms with Gasteiger partial charge >= 0.3 is 0 Å². The standard InChI is InChI=1S/C33H39N3O5/c1-21(2)18-20-36-29(31(38)35-22-9-5-3-6-10-22)33-19-17-26(41-33)27(28(33)32(36)39)30(37)34-23-13-15-25(16-14-23)40-24-11-7-4-8-12-24/h4,7-8,11-17,19,21-22,26-29H,3,5-6,9-10,18,20H2,1-2H3,(H,34,37)(H,35,38)/t26-,27+,28-,29+,33+/m1/s1. The molecule has 2 saturated heterocycles. The quantitative estimate of drug-likeness (QED) is 0.420. The zero-order chi connectivity index (χ0) is 28.6. The van der Waals surface area contributed by atoms with Crippen LogP contribution < -0.4 is 15.4 Å². The molecule has 4 aliphatic rings. The Morgan fingerprint density at radius 2 is 1.71 bits per heavy atom. The summed E-state index contributed by atoms with van der Waals surface area (Å²) < 4.78 is 12.3. The number of anilines is 1. The Labute approximate surface area is 241 Å². The van der Waals surface area contributed by atoms with Crippen molar-refractivity contribution in [2.45, 2.75) is 76.2 Å². The van der Waals surface area contributed by atoms with Gasteiger partial charge in [0.25, 0.3) is 0 Å². The summed E-state index contributed by atoms with van der Waals surface area (Å²) in [5, 5.41) is 6.22. The van der Waals surface area contributed by atoms with Crippen LogP contribution in [0.3, 0.4) is 0 Å². The topological polar surface area (TPSA) is 97.0 Å². The van der Waals surface area contributed by atoms with Crippen LogP contribution >= 0.6 is 0 Å². The van der Waals surface area contributed by atoms with Crippen molar-refractivity contribution in [2.24, 2.45) is 17.8 Å². The average molecular weight is 558 g/mol. The zero-order valence-corrected chi connectivity index (χ0v) is 23.8. The molecule has 3 aliphatic heterocycles. The number of amides is 3. The van der Waals surface area contributed by atoms with Gasteiger partial charge in [0.15, 0.2) is 0 Å². The molecular weight excluding hydrogens is 518 g/mol. The van der Waals surface area contributed by atoms with Gasteiger partial charge in [-0.2, -0.15) is 0 Å². The van der Waals surface area contributed by atoms with Crippen LogP contribution in [0, 0.1) is 17.8 Å². The number of ether oxygens (including phenoxy) is 2. The van der Waals surface area contributed by atoms with Crippen LogP contribution in [0.2, 0.25) is 0 Å². The predicted octanol–water partition coefficient (Wildman–Crippen LogP) is 5.06. The number of likely N-dealkylation sites (tertiary alicyclic amines) is 1. The van der Waals surface area contributed by atoms with Gasteiger partial charge in [0.05, 0.1) is 17.9 Å². The molecule has 0 unspecified atom stereocenters. The molecule has 6 rings (SSSR count). The van der Waals surface area contributed by atoms with Crippen LogP contribution in [-0.2, 0) is 19.1 Å². The van der Waals surface area contributed by atoms with Gasteiger partial charge in [-0.15, -0.1) is 0 Å². The van der Waals surface area contributed by atoms with Crippen molar-refractivity contribution < 1.29 is 23.9 Å². The Hall–Kier alpha value is -3.65. The van der Waals surface area contributed by atoms with E-state index in [1.54, 1.807) is 29.2 Å². The molecule has 2 bridgehead atoms. The molecule has 3 amide bonds. The van der Waals surface area contributed by atoms with E-state index in [9.17, 15) is 14.4 Å². The second kappa shape index (κ2) is 11.3. The number of hydrogen-bond donors (Lipinski definition) is 2. The molecule has 1 aliphatic carbocycles. The van der Waals surface area contributed by atoms with E-state index in [-0.39, 0.29) is 23.8 Å². The van der Waals surface area contributed by atoms with E-state index >= 15 is 0 Å². The van der Waals surface area contributed by atoms with Crippen LogP contribution in [0.1, 0.15) is 52.4 Å². The first-order valence-electron chi connectivity index (χ1n) is 15.0. The van der Waals surface area contributed by atoms with Crippen molar-refractivity contribution in [3.63, 3.8) is 0 Å². The van der Waals surface area contributed by atoms with E-state index < -0.39 is 29.6 Å². The summed E-state index contributed by atoms with van der Waals surface area (Å²) in [7, 11) is 0. The third kappa shape index (κ3) is 5.25. The molecule has 1 spiro atoms. The molecule has 8 nitrogen and oxygen atoms in total. The number of carbonyl (C=O) groups excluding carboxylic acids is 3. The summed E-state index contributed by atoms with van der Waals surface area (Å²) >= 11 is 0.